The van der Waals surface area contributed by atoms with Gasteiger partial charge in [-0.05, 0) is 43.9 Å². The maximum atomic E-state index is 12.5. The second-order valence-corrected chi connectivity index (χ2v) is 6.38. The number of allylic oxidation sites excluding steroid dienone is 2. The molecule has 0 atom stereocenters. The fourth-order valence-corrected chi connectivity index (χ4v) is 3.17. The number of nitrogens with zero attached hydrogens (tertiary/aromatic N) is 1. The minimum Gasteiger partial charge on any atom is -0.493 e. The van der Waals surface area contributed by atoms with Gasteiger partial charge < -0.3 is 14.8 Å². The van der Waals surface area contributed by atoms with Crippen LogP contribution in [0.15, 0.2) is 28.9 Å². The zero-order chi connectivity index (χ0) is 17.1. The van der Waals surface area contributed by atoms with E-state index in [1.54, 1.807) is 25.3 Å². The van der Waals surface area contributed by atoms with Crippen LogP contribution in [0.2, 0.25) is 0 Å². The van der Waals surface area contributed by atoms with Crippen LogP contribution < -0.4 is 19.5 Å². The normalized spacial score (nSPS) is 17.2. The first-order valence-electron chi connectivity index (χ1n) is 7.71. The highest BCUT2D eigenvalue weighted by molar-refractivity contribution is 6.71. The number of benzene rings is 1. The van der Waals surface area contributed by atoms with Gasteiger partial charge in [-0.25, -0.2) is 0 Å². The number of nitrogens with one attached hydrogen (secondary N) is 1. The molecular weight excluding hydrogens is 351 g/mol. The summed E-state index contributed by atoms with van der Waals surface area (Å²) in [5.41, 5.74) is 0.731. The van der Waals surface area contributed by atoms with Crippen molar-refractivity contribution >= 4 is 40.5 Å². The van der Waals surface area contributed by atoms with E-state index >= 15 is 0 Å². The molecule has 1 aliphatic carbocycles. The standard InChI is InChI=1S/C17H16Cl2N2O3/c1-23-13-7-6-10(8-14(13)24-11-4-2-3-5-11)17(22)21-15-12(18)9-20-16(15)19/h6-9,11H,2-5H2,1H3/p+1. The number of carbonyl (C=O) groups is 1. The largest absolute Gasteiger partial charge is 0.493 e. The predicted octanol–water partition coefficient (Wildman–Crippen LogP) is 2.99. The average molecular weight is 368 g/mol. The van der Waals surface area contributed by atoms with Gasteiger partial charge >= 0.3 is 11.4 Å². The van der Waals surface area contributed by atoms with Gasteiger partial charge in [-0.3, -0.25) is 4.79 Å². The molecule has 1 N–H and O–H groups in total. The minimum absolute atomic E-state index is 0.157. The SMILES string of the molecule is COc1ccc(C(=O)NC2=C(Cl)C=[N+]=C2Cl)cc1OC1CCCC1. The summed E-state index contributed by atoms with van der Waals surface area (Å²) in [6.45, 7) is 0. The summed E-state index contributed by atoms with van der Waals surface area (Å²) >= 11 is 11.9. The molecule has 1 heterocycles. The van der Waals surface area contributed by atoms with Crippen molar-refractivity contribution in [2.45, 2.75) is 31.8 Å². The van der Waals surface area contributed by atoms with E-state index < -0.39 is 0 Å². The van der Waals surface area contributed by atoms with Gasteiger partial charge in [0.25, 0.3) is 5.91 Å². The van der Waals surface area contributed by atoms with E-state index in [1.807, 2.05) is 0 Å². The molecule has 3 rings (SSSR count). The molecule has 0 saturated heterocycles. The van der Waals surface area contributed by atoms with Crippen LogP contribution in [-0.4, -0.2) is 30.5 Å². The molecule has 1 aliphatic heterocycles. The van der Waals surface area contributed by atoms with Gasteiger partial charge in [-0.2, -0.15) is 0 Å². The van der Waals surface area contributed by atoms with E-state index in [0.29, 0.717) is 27.8 Å². The van der Waals surface area contributed by atoms with Crippen LogP contribution in [-0.2, 0) is 0 Å². The Kier molecular flexibility index (Phi) is 5.14. The van der Waals surface area contributed by atoms with Crippen LogP contribution in [0.4, 0.5) is 0 Å². The zero-order valence-electron chi connectivity index (χ0n) is 13.1. The third kappa shape index (κ3) is 3.59. The average Bonchev–Trinajstić information content (AvgIpc) is 3.20. The number of rotatable bonds is 5. The fraction of sp³-hybridized carbons (Fsp3) is 0.353. The van der Waals surface area contributed by atoms with Crippen LogP contribution in [0, 0.1) is 0 Å². The Labute approximate surface area is 150 Å². The van der Waals surface area contributed by atoms with E-state index in [1.165, 1.54) is 6.21 Å². The number of ether oxygens (including phenoxy) is 2. The lowest BCUT2D eigenvalue weighted by Gasteiger charge is -2.16. The highest BCUT2D eigenvalue weighted by Gasteiger charge is 2.27. The molecule has 1 amide bonds. The summed E-state index contributed by atoms with van der Waals surface area (Å²) in [6, 6.07) is 5.05. The smallest absolute Gasteiger partial charge is 0.421 e. The van der Waals surface area contributed by atoms with Gasteiger partial charge in [0.2, 0.25) is 0 Å². The lowest BCUT2D eigenvalue weighted by molar-refractivity contribution is 0.0967. The molecule has 24 heavy (non-hydrogen) atoms. The molecule has 1 aromatic carbocycles. The Morgan fingerprint density at radius 1 is 1.25 bits per heavy atom. The van der Waals surface area contributed by atoms with Crippen molar-refractivity contribution in [2.75, 3.05) is 7.11 Å². The second-order valence-electron chi connectivity index (χ2n) is 5.62. The van der Waals surface area contributed by atoms with Crippen molar-refractivity contribution in [1.82, 2.24) is 9.98 Å². The first-order chi connectivity index (χ1) is 11.6. The maximum Gasteiger partial charge on any atom is 0.421 e. The van der Waals surface area contributed by atoms with Gasteiger partial charge in [-0.15, -0.1) is 0 Å². The van der Waals surface area contributed by atoms with E-state index in [4.69, 9.17) is 32.7 Å². The van der Waals surface area contributed by atoms with E-state index in [9.17, 15) is 4.79 Å². The van der Waals surface area contributed by atoms with E-state index in [-0.39, 0.29) is 17.2 Å². The van der Waals surface area contributed by atoms with Crippen molar-refractivity contribution in [1.29, 1.82) is 0 Å². The molecule has 0 radical (unpaired) electrons. The van der Waals surface area contributed by atoms with Crippen LogP contribution in [0.25, 0.3) is 0 Å². The van der Waals surface area contributed by atoms with Gasteiger partial charge in [0, 0.05) is 17.2 Å². The number of methoxy groups -OCH3 is 1. The molecule has 2 aliphatic rings. The quantitative estimate of drug-likeness (QED) is 0.813. The summed E-state index contributed by atoms with van der Waals surface area (Å²) in [4.78, 5) is 12.5. The summed E-state index contributed by atoms with van der Waals surface area (Å²) in [5, 5.41) is 3.12. The molecule has 126 valence electrons. The topological polar surface area (TPSA) is 61.7 Å². The Bertz CT molecular complexity index is 761. The van der Waals surface area contributed by atoms with Gasteiger partial charge in [0.15, 0.2) is 22.2 Å². The number of halogens is 2. The molecule has 0 aromatic heterocycles. The zero-order valence-corrected chi connectivity index (χ0v) is 14.7. The van der Waals surface area contributed by atoms with Crippen LogP contribution in [0.5, 0.6) is 11.5 Å². The summed E-state index contributed by atoms with van der Waals surface area (Å²) in [5.74, 6) is 0.824. The molecular formula is C17H17Cl2N2O3+. The third-order valence-corrected chi connectivity index (χ3v) is 4.57. The van der Waals surface area contributed by atoms with Crippen molar-refractivity contribution in [3.05, 3.63) is 34.5 Å². The molecule has 0 unspecified atom stereocenters. The maximum absolute atomic E-state index is 12.5. The minimum atomic E-state index is -0.342. The predicted molar refractivity (Wildman–Crippen MR) is 95.3 cm³/mol. The third-order valence-electron chi connectivity index (χ3n) is 4.00. The lowest BCUT2D eigenvalue weighted by Crippen LogP contribution is -2.26. The van der Waals surface area contributed by atoms with Crippen molar-refractivity contribution in [2.24, 2.45) is 0 Å². The highest BCUT2D eigenvalue weighted by atomic mass is 35.5. The van der Waals surface area contributed by atoms with Crippen LogP contribution >= 0.6 is 23.2 Å². The first-order valence-corrected chi connectivity index (χ1v) is 8.47. The monoisotopic (exact) mass is 367 g/mol. The number of carbonyl (C=O) groups excluding carboxylic acids is 1. The highest BCUT2D eigenvalue weighted by Crippen LogP contribution is 2.32. The van der Waals surface area contributed by atoms with Gasteiger partial charge in [-0.1, -0.05) is 16.3 Å². The molecule has 0 spiro atoms. The molecule has 7 heteroatoms. The molecule has 1 fully saturated rings. The van der Waals surface area contributed by atoms with E-state index in [2.05, 4.69) is 9.98 Å². The Morgan fingerprint density at radius 3 is 2.62 bits per heavy atom. The first kappa shape index (κ1) is 16.9. The van der Waals surface area contributed by atoms with Crippen LogP contribution in [0.3, 0.4) is 0 Å². The van der Waals surface area contributed by atoms with E-state index in [0.717, 1.165) is 25.7 Å². The molecule has 0 bridgehead atoms. The van der Waals surface area contributed by atoms with Crippen molar-refractivity contribution in [3.8, 4) is 11.5 Å². The Morgan fingerprint density at radius 2 is 2.00 bits per heavy atom. The Hall–Kier alpha value is -1.94. The molecule has 1 saturated carbocycles. The van der Waals surface area contributed by atoms with Gasteiger partial charge in [0.1, 0.15) is 0 Å². The van der Waals surface area contributed by atoms with Crippen molar-refractivity contribution < 1.29 is 14.3 Å². The number of hydrogen-bond donors (Lipinski definition) is 1. The Balaban J connectivity index is 1.79. The molecule has 1 aromatic rings. The number of hydrogen-bond acceptors (Lipinski definition) is 3. The lowest BCUT2D eigenvalue weighted by atomic mass is 10.1. The summed E-state index contributed by atoms with van der Waals surface area (Å²) < 4.78 is 15.2. The molecule has 5 nitrogen and oxygen atoms in total. The summed E-state index contributed by atoms with van der Waals surface area (Å²) in [6.07, 6.45) is 5.92. The fourth-order valence-electron chi connectivity index (χ4n) is 2.73. The van der Waals surface area contributed by atoms with Crippen LogP contribution in [0.1, 0.15) is 36.0 Å². The second kappa shape index (κ2) is 7.31. The van der Waals surface area contributed by atoms with Crippen molar-refractivity contribution in [3.63, 3.8) is 0 Å². The number of amides is 1. The van der Waals surface area contributed by atoms with Gasteiger partial charge in [0.05, 0.1) is 13.2 Å². The summed E-state index contributed by atoms with van der Waals surface area (Å²) in [7, 11) is 1.58.